The molecule has 2 fully saturated rings. The van der Waals surface area contributed by atoms with E-state index in [0.29, 0.717) is 18.9 Å². The van der Waals surface area contributed by atoms with Crippen molar-refractivity contribution in [1.29, 1.82) is 0 Å². The van der Waals surface area contributed by atoms with Crippen LogP contribution in [0.4, 0.5) is 0 Å². The minimum absolute atomic E-state index is 0.0578. The molecule has 70 valence electrons. The molecule has 2 N–H and O–H groups in total. The number of hydrogen-bond acceptors (Lipinski definition) is 2. The fraction of sp³-hybridized carbons (Fsp3) is 0.700. The zero-order valence-corrected chi connectivity index (χ0v) is 7.42. The third-order valence-electron chi connectivity index (χ3n) is 2.73. The first-order valence-electron chi connectivity index (χ1n) is 4.63. The Morgan fingerprint density at radius 1 is 1.54 bits per heavy atom. The van der Waals surface area contributed by atoms with E-state index in [1.165, 1.54) is 0 Å². The number of carbonyl (C=O) groups is 1. The first-order chi connectivity index (χ1) is 6.13. The van der Waals surface area contributed by atoms with Gasteiger partial charge in [0.15, 0.2) is 0 Å². The Hall–Kier alpha value is -1.01. The molecule has 2 aliphatic rings. The minimum atomic E-state index is -1.01. The molecular weight excluding hydrogens is 166 g/mol. The van der Waals surface area contributed by atoms with Gasteiger partial charge in [-0.2, -0.15) is 0 Å². The van der Waals surface area contributed by atoms with Crippen LogP contribution in [0.15, 0.2) is 0 Å². The summed E-state index contributed by atoms with van der Waals surface area (Å²) in [7, 11) is 0. The maximum absolute atomic E-state index is 11.4. The molecule has 0 bridgehead atoms. The van der Waals surface area contributed by atoms with E-state index in [4.69, 9.17) is 6.42 Å². The second-order valence-electron chi connectivity index (χ2n) is 4.06. The van der Waals surface area contributed by atoms with Crippen molar-refractivity contribution in [1.82, 2.24) is 5.32 Å². The normalized spacial score (nSPS) is 37.4. The highest BCUT2D eigenvalue weighted by Crippen LogP contribution is 2.37. The molecule has 0 saturated heterocycles. The summed E-state index contributed by atoms with van der Waals surface area (Å²) in [5.74, 6) is 2.30. The van der Waals surface area contributed by atoms with Gasteiger partial charge in [-0.15, -0.1) is 6.42 Å². The van der Waals surface area contributed by atoms with E-state index in [-0.39, 0.29) is 11.8 Å². The van der Waals surface area contributed by atoms with Crippen molar-refractivity contribution in [3.8, 4) is 12.3 Å². The number of rotatable bonds is 2. The first kappa shape index (κ1) is 8.58. The second-order valence-corrected chi connectivity index (χ2v) is 4.06. The molecule has 13 heavy (non-hydrogen) atoms. The van der Waals surface area contributed by atoms with Crippen molar-refractivity contribution in [2.45, 2.75) is 37.3 Å². The molecule has 0 unspecified atom stereocenters. The van der Waals surface area contributed by atoms with Crippen LogP contribution in [0.5, 0.6) is 0 Å². The van der Waals surface area contributed by atoms with Crippen LogP contribution in [0.1, 0.15) is 25.7 Å². The Balaban J connectivity index is 1.79. The van der Waals surface area contributed by atoms with E-state index in [1.54, 1.807) is 0 Å². The third kappa shape index (κ3) is 1.68. The summed E-state index contributed by atoms with van der Waals surface area (Å²) in [5, 5.41) is 12.4. The largest absolute Gasteiger partial charge is 0.378 e. The second kappa shape index (κ2) is 2.74. The van der Waals surface area contributed by atoms with Gasteiger partial charge >= 0.3 is 0 Å². The summed E-state index contributed by atoms with van der Waals surface area (Å²) in [6, 6.07) is 0.395. The smallest absolute Gasteiger partial charge is 0.223 e. The summed E-state index contributed by atoms with van der Waals surface area (Å²) in [6.07, 6.45) is 8.14. The van der Waals surface area contributed by atoms with Gasteiger partial charge in [-0.1, -0.05) is 5.92 Å². The first-order valence-corrected chi connectivity index (χ1v) is 4.63. The van der Waals surface area contributed by atoms with E-state index in [9.17, 15) is 9.90 Å². The molecule has 3 nitrogen and oxygen atoms in total. The standard InChI is InChI=1S/C10H13NO2/c1-2-10(13)5-7(6-10)9(12)11-8-3-4-8/h1,7-8,13H,3-6H2,(H,11,12). The average Bonchev–Trinajstić information content (AvgIpc) is 2.82. The van der Waals surface area contributed by atoms with Crippen LogP contribution in [0.25, 0.3) is 0 Å². The summed E-state index contributed by atoms with van der Waals surface area (Å²) in [6.45, 7) is 0. The SMILES string of the molecule is C#CC1(O)CC(C(=O)NC2CC2)C1. The summed E-state index contributed by atoms with van der Waals surface area (Å²) < 4.78 is 0. The average molecular weight is 179 g/mol. The molecule has 0 aliphatic heterocycles. The molecule has 0 aromatic heterocycles. The number of aliphatic hydroxyl groups is 1. The molecule has 0 aromatic rings. The van der Waals surface area contributed by atoms with E-state index < -0.39 is 5.60 Å². The third-order valence-corrected chi connectivity index (χ3v) is 2.73. The van der Waals surface area contributed by atoms with Crippen LogP contribution in [0.3, 0.4) is 0 Å². The molecule has 3 heteroatoms. The predicted molar refractivity (Wildman–Crippen MR) is 47.7 cm³/mol. The van der Waals surface area contributed by atoms with Crippen LogP contribution >= 0.6 is 0 Å². The van der Waals surface area contributed by atoms with Crippen LogP contribution in [0, 0.1) is 18.3 Å². The van der Waals surface area contributed by atoms with Crippen molar-refractivity contribution >= 4 is 5.91 Å². The predicted octanol–water partition coefficient (Wildman–Crippen LogP) is 0.0393. The molecule has 0 atom stereocenters. The van der Waals surface area contributed by atoms with Crippen molar-refractivity contribution in [3.05, 3.63) is 0 Å². The fourth-order valence-corrected chi connectivity index (χ4v) is 1.61. The number of amides is 1. The van der Waals surface area contributed by atoms with Gasteiger partial charge in [0.2, 0.25) is 5.91 Å². The molecule has 1 amide bonds. The Kier molecular flexibility index (Phi) is 1.81. The highest BCUT2D eigenvalue weighted by molar-refractivity contribution is 5.80. The highest BCUT2D eigenvalue weighted by atomic mass is 16.3. The zero-order valence-electron chi connectivity index (χ0n) is 7.42. The van der Waals surface area contributed by atoms with E-state index in [0.717, 1.165) is 12.8 Å². The molecule has 2 aliphatic carbocycles. The Morgan fingerprint density at radius 3 is 2.62 bits per heavy atom. The quantitative estimate of drug-likeness (QED) is 0.588. The molecule has 0 spiro atoms. The molecule has 0 radical (unpaired) electrons. The maximum atomic E-state index is 11.4. The van der Waals surface area contributed by atoms with Gasteiger partial charge in [0.25, 0.3) is 0 Å². The number of carbonyl (C=O) groups excluding carboxylic acids is 1. The zero-order chi connectivity index (χ0) is 9.47. The van der Waals surface area contributed by atoms with Crippen LogP contribution in [-0.4, -0.2) is 22.7 Å². The molecule has 2 rings (SSSR count). The van der Waals surface area contributed by atoms with Gasteiger partial charge in [0.1, 0.15) is 5.60 Å². The van der Waals surface area contributed by atoms with E-state index >= 15 is 0 Å². The van der Waals surface area contributed by atoms with Crippen molar-refractivity contribution in [3.63, 3.8) is 0 Å². The lowest BCUT2D eigenvalue weighted by Gasteiger charge is -2.38. The van der Waals surface area contributed by atoms with Crippen LogP contribution in [-0.2, 0) is 4.79 Å². The Labute approximate surface area is 77.5 Å². The highest BCUT2D eigenvalue weighted by Gasteiger charge is 2.45. The van der Waals surface area contributed by atoms with E-state index in [1.807, 2.05) is 0 Å². The lowest BCUT2D eigenvalue weighted by molar-refractivity contribution is -0.135. The lowest BCUT2D eigenvalue weighted by Crippen LogP contribution is -2.49. The van der Waals surface area contributed by atoms with Gasteiger partial charge in [-0.3, -0.25) is 4.79 Å². The van der Waals surface area contributed by atoms with Crippen molar-refractivity contribution in [2.75, 3.05) is 0 Å². The fourth-order valence-electron chi connectivity index (χ4n) is 1.61. The van der Waals surface area contributed by atoms with Gasteiger partial charge in [-0.25, -0.2) is 0 Å². The molecule has 0 heterocycles. The van der Waals surface area contributed by atoms with Crippen LogP contribution < -0.4 is 5.32 Å². The number of hydrogen-bond donors (Lipinski definition) is 2. The Bertz CT molecular complexity index is 269. The lowest BCUT2D eigenvalue weighted by atomic mass is 9.71. The maximum Gasteiger partial charge on any atom is 0.223 e. The molecule has 0 aromatic carbocycles. The Morgan fingerprint density at radius 2 is 2.15 bits per heavy atom. The van der Waals surface area contributed by atoms with Gasteiger partial charge in [0, 0.05) is 12.0 Å². The van der Waals surface area contributed by atoms with Crippen molar-refractivity contribution < 1.29 is 9.90 Å². The summed E-state index contributed by atoms with van der Waals surface area (Å²) in [5.41, 5.74) is -1.01. The van der Waals surface area contributed by atoms with Crippen molar-refractivity contribution in [2.24, 2.45) is 5.92 Å². The molecule has 2 saturated carbocycles. The topological polar surface area (TPSA) is 49.3 Å². The monoisotopic (exact) mass is 179 g/mol. The van der Waals surface area contributed by atoms with E-state index in [2.05, 4.69) is 11.2 Å². The summed E-state index contributed by atoms with van der Waals surface area (Å²) >= 11 is 0. The van der Waals surface area contributed by atoms with Gasteiger partial charge in [0.05, 0.1) is 0 Å². The van der Waals surface area contributed by atoms with Gasteiger partial charge < -0.3 is 10.4 Å². The van der Waals surface area contributed by atoms with Crippen LogP contribution in [0.2, 0.25) is 0 Å². The number of terminal acetylenes is 1. The summed E-state index contributed by atoms with van der Waals surface area (Å²) in [4.78, 5) is 11.4. The van der Waals surface area contributed by atoms with Gasteiger partial charge in [-0.05, 0) is 25.7 Å². The number of nitrogens with one attached hydrogen (secondary N) is 1. The molecular formula is C10H13NO2. The minimum Gasteiger partial charge on any atom is -0.378 e.